The number of nitrogen functional groups attached to an aromatic ring is 2. The van der Waals surface area contributed by atoms with Crippen LogP contribution < -0.4 is 27.8 Å². The number of oxazole rings is 1. The molecule has 0 atom stereocenters. The van der Waals surface area contributed by atoms with E-state index in [1.54, 1.807) is 41.7 Å². The molecule has 0 unspecified atom stereocenters. The molecule has 0 bridgehead atoms. The van der Waals surface area contributed by atoms with Crippen molar-refractivity contribution in [2.24, 2.45) is 15.7 Å². The van der Waals surface area contributed by atoms with Crippen LogP contribution in [0.15, 0.2) is 68.9 Å². The van der Waals surface area contributed by atoms with E-state index in [1.165, 1.54) is 11.9 Å². The van der Waals surface area contributed by atoms with Crippen LogP contribution in [-0.4, -0.2) is 162 Å². The van der Waals surface area contributed by atoms with Gasteiger partial charge in [0.15, 0.2) is 11.2 Å². The monoisotopic (exact) mass is 877 g/mol. The molecule has 0 aliphatic carbocycles. The number of aliphatic imine (C=N–C) groups is 2. The number of nitrogens with two attached hydrogens (primary N) is 3. The molecule has 5 aromatic rings. The molecule has 2 aliphatic heterocycles. The van der Waals surface area contributed by atoms with Gasteiger partial charge in [-0.3, -0.25) is 29.3 Å². The molecule has 0 saturated heterocycles. The number of hydrogen-bond acceptors (Lipinski definition) is 17. The highest BCUT2D eigenvalue weighted by Crippen LogP contribution is 2.33. The fraction of sp³-hybridized carbons (Fsp3) is 0.419. The van der Waals surface area contributed by atoms with E-state index in [1.807, 2.05) is 21.7 Å². The fourth-order valence-electron chi connectivity index (χ4n) is 7.43. The van der Waals surface area contributed by atoms with Gasteiger partial charge in [0.2, 0.25) is 17.7 Å². The van der Waals surface area contributed by atoms with Gasteiger partial charge in [-0.25, -0.2) is 14.6 Å². The fourth-order valence-corrected chi connectivity index (χ4v) is 7.43. The number of hydrogen-bond donors (Lipinski definition) is 5. The topological polar surface area (TPSA) is 276 Å². The highest BCUT2D eigenvalue weighted by molar-refractivity contribution is 5.99. The number of fused-ring (bicyclic) bond motifs is 3. The first-order chi connectivity index (χ1) is 31.1. The smallest absolute Gasteiger partial charge is 0.292 e. The van der Waals surface area contributed by atoms with Crippen LogP contribution >= 0.6 is 0 Å². The number of carbonyl (C=O) groups is 3. The number of benzene rings is 2. The second kappa shape index (κ2) is 22.0. The third-order valence-corrected chi connectivity index (χ3v) is 10.7. The van der Waals surface area contributed by atoms with Crippen LogP contribution in [0.4, 0.5) is 11.8 Å². The zero-order valence-corrected chi connectivity index (χ0v) is 35.9. The lowest BCUT2D eigenvalue weighted by Gasteiger charge is -2.29. The van der Waals surface area contributed by atoms with Gasteiger partial charge < -0.3 is 51.5 Å². The zero-order chi connectivity index (χ0) is 44.8. The van der Waals surface area contributed by atoms with Crippen molar-refractivity contribution in [3.8, 4) is 11.3 Å². The first-order valence-corrected chi connectivity index (χ1v) is 21.2. The Hall–Kier alpha value is -6.81. The molecule has 7 rings (SSSR count). The maximum atomic E-state index is 13.1. The summed E-state index contributed by atoms with van der Waals surface area (Å²) in [4.78, 5) is 65.4. The summed E-state index contributed by atoms with van der Waals surface area (Å²) >= 11 is 0. The quantitative estimate of drug-likeness (QED) is 0.0800. The number of likely N-dealkylation sites (N-methyl/N-ethyl adjacent to an activating group) is 1. The van der Waals surface area contributed by atoms with Gasteiger partial charge in [-0.1, -0.05) is 18.2 Å². The Labute approximate surface area is 369 Å². The van der Waals surface area contributed by atoms with Crippen molar-refractivity contribution in [1.29, 1.82) is 0 Å². The number of carbonyl (C=O) groups excluding carboxylic acids is 3. The van der Waals surface area contributed by atoms with Gasteiger partial charge in [0.25, 0.3) is 6.01 Å². The molecular formula is C43H55N15O6. The molecule has 0 radical (unpaired) electrons. The molecule has 8 N–H and O–H groups in total. The van der Waals surface area contributed by atoms with Crippen molar-refractivity contribution >= 4 is 64.2 Å². The summed E-state index contributed by atoms with van der Waals surface area (Å²) in [5.74, 6) is 0.0364. The summed E-state index contributed by atoms with van der Waals surface area (Å²) in [7, 11) is 1.72. The van der Waals surface area contributed by atoms with E-state index in [0.29, 0.717) is 112 Å². The maximum absolute atomic E-state index is 13.1. The van der Waals surface area contributed by atoms with E-state index in [9.17, 15) is 14.4 Å². The lowest BCUT2D eigenvalue weighted by molar-refractivity contribution is -0.134. The largest absolute Gasteiger partial charge is 0.424 e. The molecule has 0 spiro atoms. The van der Waals surface area contributed by atoms with Crippen LogP contribution in [0.1, 0.15) is 23.1 Å². The minimum atomic E-state index is -0.214. The van der Waals surface area contributed by atoms with Gasteiger partial charge >= 0.3 is 0 Å². The van der Waals surface area contributed by atoms with Crippen LogP contribution in [-0.2, 0) is 43.4 Å². The Kier molecular flexibility index (Phi) is 15.5. The second-order valence-electron chi connectivity index (χ2n) is 15.4. The lowest BCUT2D eigenvalue weighted by atomic mass is 9.97. The minimum Gasteiger partial charge on any atom is -0.424 e. The van der Waals surface area contributed by atoms with Crippen LogP contribution in [0, 0.1) is 0 Å². The van der Waals surface area contributed by atoms with Crippen molar-refractivity contribution in [3.05, 3.63) is 71.2 Å². The van der Waals surface area contributed by atoms with Crippen molar-refractivity contribution in [2.45, 2.75) is 25.9 Å². The SMILES string of the molecule is CN(CC(=O)NCCOCCOCCC(=O)N1CCc2cc(Cn3nc(-c4ccc5oc(N)nc5c4)c4c(N)ncnc43)ccc2C1)CC(=O)N1CCN=CN/C=C(/CN)C=NCC1. The number of amides is 3. The normalized spacial score (nSPS) is 15.4. The summed E-state index contributed by atoms with van der Waals surface area (Å²) in [6.45, 7) is 5.37. The molecule has 338 valence electrons. The van der Waals surface area contributed by atoms with Crippen molar-refractivity contribution in [2.75, 3.05) is 104 Å². The summed E-state index contributed by atoms with van der Waals surface area (Å²) in [5.41, 5.74) is 25.2. The van der Waals surface area contributed by atoms with E-state index in [2.05, 4.69) is 53.8 Å². The van der Waals surface area contributed by atoms with Crippen molar-refractivity contribution < 1.29 is 28.3 Å². The Balaban J connectivity index is 0.776. The Bertz CT molecular complexity index is 2520. The molecular weight excluding hydrogens is 823 g/mol. The van der Waals surface area contributed by atoms with Gasteiger partial charge in [-0.2, -0.15) is 10.1 Å². The Morgan fingerprint density at radius 2 is 1.75 bits per heavy atom. The summed E-state index contributed by atoms with van der Waals surface area (Å²) < 4.78 is 18.5. The minimum absolute atomic E-state index is 0.0304. The number of nitrogens with one attached hydrogen (secondary N) is 2. The van der Waals surface area contributed by atoms with E-state index in [-0.39, 0.29) is 49.9 Å². The summed E-state index contributed by atoms with van der Waals surface area (Å²) in [6, 6.07) is 11.9. The predicted molar refractivity (Wildman–Crippen MR) is 242 cm³/mol. The lowest BCUT2D eigenvalue weighted by Crippen LogP contribution is -2.44. The van der Waals surface area contributed by atoms with E-state index >= 15 is 0 Å². The van der Waals surface area contributed by atoms with Crippen molar-refractivity contribution in [3.63, 3.8) is 0 Å². The van der Waals surface area contributed by atoms with Crippen LogP contribution in [0.25, 0.3) is 33.4 Å². The molecule has 3 amide bonds. The predicted octanol–water partition coefficient (Wildman–Crippen LogP) is 0.577. The highest BCUT2D eigenvalue weighted by atomic mass is 16.5. The highest BCUT2D eigenvalue weighted by Gasteiger charge is 2.23. The van der Waals surface area contributed by atoms with Gasteiger partial charge in [0.1, 0.15) is 23.4 Å². The van der Waals surface area contributed by atoms with Gasteiger partial charge in [-0.05, 0) is 53.9 Å². The number of rotatable bonds is 17. The molecule has 2 aromatic carbocycles. The van der Waals surface area contributed by atoms with E-state index < -0.39 is 0 Å². The average Bonchev–Trinajstić information content (AvgIpc) is 3.85. The molecule has 64 heavy (non-hydrogen) atoms. The zero-order valence-electron chi connectivity index (χ0n) is 35.9. The molecule has 3 aromatic heterocycles. The molecule has 0 fully saturated rings. The molecule has 5 heterocycles. The molecule has 0 saturated carbocycles. The van der Waals surface area contributed by atoms with Gasteiger partial charge in [-0.15, -0.1) is 0 Å². The molecule has 2 aliphatic rings. The van der Waals surface area contributed by atoms with E-state index in [0.717, 1.165) is 28.7 Å². The second-order valence-corrected chi connectivity index (χ2v) is 15.4. The standard InChI is InChI=1S/C43H55N15O6/c1-55(26-38(61)56-12-8-47-21-30(20-44)22-49-27-48-9-13-56)25-36(59)50-10-15-63-17-16-62-14-7-37(60)57-11-6-31-18-29(2-3-33(31)24-57)23-58-42-39(41(45)51-28-52-42)40(54-58)32-4-5-35-34(19-32)53-43(46)64-35/h2-5,18-19,21-22,27-28H,6-17,20,23-26,44H2,1H3,(H2,46,53)(H,48,49)(H,50,59)(H2,45,51,52)/b30-22-,47-21?. The first-order valence-electron chi connectivity index (χ1n) is 21.2. The summed E-state index contributed by atoms with van der Waals surface area (Å²) in [6.07, 6.45) is 7.42. The van der Waals surface area contributed by atoms with Crippen LogP contribution in [0.3, 0.4) is 0 Å². The Morgan fingerprint density at radius 3 is 2.59 bits per heavy atom. The van der Waals surface area contributed by atoms with Crippen LogP contribution in [0.2, 0.25) is 0 Å². The van der Waals surface area contributed by atoms with E-state index in [4.69, 9.17) is 36.2 Å². The summed E-state index contributed by atoms with van der Waals surface area (Å²) in [5, 5.41) is 11.3. The molecule has 21 heteroatoms. The molecule has 21 nitrogen and oxygen atoms in total. The number of nitrogens with zero attached hydrogens (tertiary/aromatic N) is 10. The van der Waals surface area contributed by atoms with Crippen molar-refractivity contribution in [1.82, 2.24) is 50.1 Å². The number of ether oxygens (including phenoxy) is 2. The third-order valence-electron chi connectivity index (χ3n) is 10.7. The number of anilines is 2. The van der Waals surface area contributed by atoms with Crippen LogP contribution in [0.5, 0.6) is 0 Å². The first kappa shape index (κ1) is 45.2. The third kappa shape index (κ3) is 12.0. The number of aromatic nitrogens is 5. The Morgan fingerprint density at radius 1 is 0.922 bits per heavy atom. The maximum Gasteiger partial charge on any atom is 0.292 e. The average molecular weight is 878 g/mol. The van der Waals surface area contributed by atoms with Gasteiger partial charge in [0.05, 0.1) is 77.3 Å². The van der Waals surface area contributed by atoms with Gasteiger partial charge in [0, 0.05) is 57.2 Å².